The van der Waals surface area contributed by atoms with Crippen molar-refractivity contribution in [3.8, 4) is 0 Å². The van der Waals surface area contributed by atoms with Gasteiger partial charge in [-0.05, 0) is 30.8 Å². The summed E-state index contributed by atoms with van der Waals surface area (Å²) in [4.78, 5) is 26.3. The molecule has 2 rings (SSSR count). The van der Waals surface area contributed by atoms with E-state index < -0.39 is 5.97 Å². The fourth-order valence-corrected chi connectivity index (χ4v) is 3.10. The van der Waals surface area contributed by atoms with Gasteiger partial charge in [-0.3, -0.25) is 9.59 Å². The Morgan fingerprint density at radius 3 is 2.81 bits per heavy atom. The summed E-state index contributed by atoms with van der Waals surface area (Å²) in [6.07, 6.45) is -0.0983. The van der Waals surface area contributed by atoms with E-state index in [4.69, 9.17) is 5.11 Å². The first kappa shape index (κ1) is 15.4. The summed E-state index contributed by atoms with van der Waals surface area (Å²) in [5, 5.41) is 21.4. The monoisotopic (exact) mass is 324 g/mol. The summed E-state index contributed by atoms with van der Waals surface area (Å²) < 4.78 is 0.686. The van der Waals surface area contributed by atoms with Crippen molar-refractivity contribution in [2.24, 2.45) is 0 Å². The van der Waals surface area contributed by atoms with Crippen molar-refractivity contribution in [3.05, 3.63) is 28.9 Å². The molecule has 0 aromatic carbocycles. The lowest BCUT2D eigenvalue weighted by atomic mass is 10.3. The highest BCUT2D eigenvalue weighted by Gasteiger charge is 2.10. The second-order valence-electron chi connectivity index (χ2n) is 3.89. The minimum Gasteiger partial charge on any atom is -0.481 e. The van der Waals surface area contributed by atoms with E-state index in [1.165, 1.54) is 23.1 Å². The maximum atomic E-state index is 11.5. The largest absolute Gasteiger partial charge is 0.481 e. The number of amides is 1. The van der Waals surface area contributed by atoms with Crippen LogP contribution in [0.25, 0.3) is 0 Å². The number of aromatic nitrogens is 3. The molecule has 2 aromatic rings. The molecule has 0 saturated heterocycles. The predicted octanol–water partition coefficient (Wildman–Crippen LogP) is 1.46. The quantitative estimate of drug-likeness (QED) is 0.828. The fraction of sp³-hybridized carbons (Fsp3) is 0.250. The maximum Gasteiger partial charge on any atom is 0.309 e. The molecule has 0 unspecified atom stereocenters. The average Bonchev–Trinajstić information content (AvgIpc) is 2.86. The van der Waals surface area contributed by atoms with Crippen LogP contribution in [0.15, 0.2) is 26.9 Å². The lowest BCUT2D eigenvalue weighted by Crippen LogP contribution is -2.23. The molecule has 2 heterocycles. The topological polar surface area (TPSA) is 105 Å². The highest BCUT2D eigenvalue weighted by Crippen LogP contribution is 2.28. The molecule has 2 N–H and O–H groups in total. The van der Waals surface area contributed by atoms with Crippen molar-refractivity contribution in [1.82, 2.24) is 20.5 Å². The van der Waals surface area contributed by atoms with E-state index in [1.807, 2.05) is 6.92 Å². The first-order chi connectivity index (χ1) is 10.1. The van der Waals surface area contributed by atoms with Gasteiger partial charge < -0.3 is 10.4 Å². The Morgan fingerprint density at radius 2 is 2.19 bits per heavy atom. The van der Waals surface area contributed by atoms with Crippen LogP contribution in [-0.4, -0.2) is 38.7 Å². The molecule has 9 heteroatoms. The van der Waals surface area contributed by atoms with E-state index in [9.17, 15) is 9.59 Å². The number of carbonyl (C=O) groups is 2. The van der Waals surface area contributed by atoms with Crippen molar-refractivity contribution < 1.29 is 14.7 Å². The Bertz CT molecular complexity index is 642. The van der Waals surface area contributed by atoms with Crippen molar-refractivity contribution in [2.75, 3.05) is 6.54 Å². The average molecular weight is 324 g/mol. The van der Waals surface area contributed by atoms with Gasteiger partial charge in [-0.2, -0.15) is 0 Å². The third-order valence-electron chi connectivity index (χ3n) is 2.26. The molecule has 1 amide bonds. The number of carbonyl (C=O) groups excluding carboxylic acids is 1. The van der Waals surface area contributed by atoms with Crippen LogP contribution in [0.4, 0.5) is 0 Å². The maximum absolute atomic E-state index is 11.5. The molecule has 110 valence electrons. The molecular formula is C12H12N4O3S2. The fourth-order valence-electron chi connectivity index (χ4n) is 1.41. The van der Waals surface area contributed by atoms with Crippen molar-refractivity contribution in [2.45, 2.75) is 22.7 Å². The van der Waals surface area contributed by atoms with Gasteiger partial charge in [0.1, 0.15) is 5.03 Å². The van der Waals surface area contributed by atoms with Crippen LogP contribution in [-0.2, 0) is 11.2 Å². The third-order valence-corrected chi connectivity index (χ3v) is 4.18. The zero-order chi connectivity index (χ0) is 15.2. The van der Waals surface area contributed by atoms with E-state index >= 15 is 0 Å². The van der Waals surface area contributed by atoms with Gasteiger partial charge in [0.15, 0.2) is 10.0 Å². The second kappa shape index (κ2) is 7.14. The molecule has 0 aliphatic heterocycles. The predicted molar refractivity (Wildman–Crippen MR) is 77.6 cm³/mol. The molecule has 0 fully saturated rings. The molecule has 0 aliphatic carbocycles. The molecule has 0 bridgehead atoms. The van der Waals surface area contributed by atoms with Gasteiger partial charge in [0.25, 0.3) is 5.91 Å². The highest BCUT2D eigenvalue weighted by atomic mass is 32.2. The van der Waals surface area contributed by atoms with Crippen LogP contribution in [0, 0.1) is 0 Å². The van der Waals surface area contributed by atoms with E-state index in [-0.39, 0.29) is 18.0 Å². The number of carboxylic acids is 1. The lowest BCUT2D eigenvalue weighted by Gasteiger charge is -2.01. The number of nitrogens with zero attached hydrogens (tertiary/aromatic N) is 3. The molecule has 21 heavy (non-hydrogen) atoms. The van der Waals surface area contributed by atoms with Gasteiger partial charge in [-0.25, -0.2) is 4.98 Å². The number of hydrogen-bond acceptors (Lipinski definition) is 7. The summed E-state index contributed by atoms with van der Waals surface area (Å²) in [5.41, 5.74) is 0.772. The smallest absolute Gasteiger partial charge is 0.309 e. The first-order valence-electron chi connectivity index (χ1n) is 6.04. The van der Waals surface area contributed by atoms with E-state index in [0.29, 0.717) is 21.6 Å². The van der Waals surface area contributed by atoms with E-state index in [0.717, 1.165) is 0 Å². The van der Waals surface area contributed by atoms with Crippen molar-refractivity contribution in [3.63, 3.8) is 0 Å². The Hall–Kier alpha value is -2.00. The van der Waals surface area contributed by atoms with Gasteiger partial charge in [-0.15, -0.1) is 21.5 Å². The van der Waals surface area contributed by atoms with Gasteiger partial charge in [0.2, 0.25) is 0 Å². The molecule has 0 radical (unpaired) electrons. The summed E-state index contributed by atoms with van der Waals surface area (Å²) in [7, 11) is 0. The summed E-state index contributed by atoms with van der Waals surface area (Å²) in [6, 6.07) is 3.27. The number of thiazole rings is 1. The number of hydrogen-bond donors (Lipinski definition) is 2. The third kappa shape index (κ3) is 4.50. The number of rotatable bonds is 6. The molecule has 0 aliphatic rings. The number of carboxylic acid groups (broad SMARTS) is 1. The Morgan fingerprint density at radius 1 is 1.38 bits per heavy atom. The second-order valence-corrected chi connectivity index (χ2v) is 6.02. The van der Waals surface area contributed by atoms with Gasteiger partial charge in [0.05, 0.1) is 12.1 Å². The Balaban J connectivity index is 2.01. The molecule has 0 saturated carbocycles. The zero-order valence-electron chi connectivity index (χ0n) is 11.1. The number of aliphatic carboxylic acids is 1. The summed E-state index contributed by atoms with van der Waals surface area (Å²) in [6.45, 7) is 2.36. The van der Waals surface area contributed by atoms with Crippen LogP contribution in [0.3, 0.4) is 0 Å². The SMILES string of the molecule is CCNC(=O)c1ccc(Sc2nc(CC(=O)O)cs2)nn1. The first-order valence-corrected chi connectivity index (χ1v) is 7.74. The zero-order valence-corrected chi connectivity index (χ0v) is 12.7. The van der Waals surface area contributed by atoms with Crippen LogP contribution < -0.4 is 5.32 Å². The number of nitrogens with one attached hydrogen (secondary N) is 1. The Kier molecular flexibility index (Phi) is 5.23. The van der Waals surface area contributed by atoms with Crippen LogP contribution in [0.1, 0.15) is 23.1 Å². The van der Waals surface area contributed by atoms with Crippen molar-refractivity contribution in [1.29, 1.82) is 0 Å². The molecule has 7 nitrogen and oxygen atoms in total. The Labute approximate surface area is 128 Å². The van der Waals surface area contributed by atoms with Crippen LogP contribution >= 0.6 is 23.1 Å². The highest BCUT2D eigenvalue weighted by molar-refractivity contribution is 8.00. The molecule has 0 atom stereocenters. The van der Waals surface area contributed by atoms with Crippen LogP contribution in [0.5, 0.6) is 0 Å². The van der Waals surface area contributed by atoms with Crippen LogP contribution in [0.2, 0.25) is 0 Å². The normalized spacial score (nSPS) is 10.3. The lowest BCUT2D eigenvalue weighted by molar-refractivity contribution is -0.136. The molecule has 2 aromatic heterocycles. The minimum absolute atomic E-state index is 0.0983. The van der Waals surface area contributed by atoms with E-state index in [1.54, 1.807) is 17.5 Å². The summed E-state index contributed by atoms with van der Waals surface area (Å²) in [5.74, 6) is -1.18. The van der Waals surface area contributed by atoms with Gasteiger partial charge in [0, 0.05) is 11.9 Å². The minimum atomic E-state index is -0.914. The van der Waals surface area contributed by atoms with Crippen molar-refractivity contribution >= 4 is 35.0 Å². The standard InChI is InChI=1S/C12H12N4O3S2/c1-2-13-11(19)8-3-4-9(16-15-8)21-12-14-7(6-20-12)5-10(17)18/h3-4,6H,2,5H2,1H3,(H,13,19)(H,17,18). The molecule has 0 spiro atoms. The van der Waals surface area contributed by atoms with Gasteiger partial charge >= 0.3 is 5.97 Å². The molecular weight excluding hydrogens is 312 g/mol. The van der Waals surface area contributed by atoms with E-state index in [2.05, 4.69) is 20.5 Å². The van der Waals surface area contributed by atoms with Gasteiger partial charge in [-0.1, -0.05) is 0 Å². The summed E-state index contributed by atoms with van der Waals surface area (Å²) >= 11 is 2.62.